The first kappa shape index (κ1) is 23.1. The van der Waals surface area contributed by atoms with Gasteiger partial charge in [0.05, 0.1) is 40.0 Å². The molecule has 2 heterocycles. The Morgan fingerprint density at radius 3 is 2.48 bits per heavy atom. The molecular formula is C26H30N2O4S. The van der Waals surface area contributed by atoms with Crippen LogP contribution in [-0.2, 0) is 11.2 Å². The molecule has 174 valence electrons. The van der Waals surface area contributed by atoms with E-state index in [-0.39, 0.29) is 18.0 Å². The Kier molecular flexibility index (Phi) is 7.20. The van der Waals surface area contributed by atoms with Crippen LogP contribution in [0.2, 0.25) is 0 Å². The smallest absolute Gasteiger partial charge is 0.234 e. The lowest BCUT2D eigenvalue weighted by Gasteiger charge is -2.37. The van der Waals surface area contributed by atoms with Crippen LogP contribution in [0.4, 0.5) is 0 Å². The molecule has 0 aliphatic carbocycles. The lowest BCUT2D eigenvalue weighted by Crippen LogP contribution is -2.43. The Labute approximate surface area is 199 Å². The van der Waals surface area contributed by atoms with Crippen LogP contribution in [-0.4, -0.2) is 45.2 Å². The molecule has 0 radical (unpaired) electrons. The largest absolute Gasteiger partial charge is 0.496 e. The highest BCUT2D eigenvalue weighted by atomic mass is 32.1. The van der Waals surface area contributed by atoms with E-state index in [1.807, 2.05) is 31.2 Å². The number of benzene rings is 2. The summed E-state index contributed by atoms with van der Waals surface area (Å²) in [5.41, 5.74) is 3.35. The zero-order chi connectivity index (χ0) is 23.4. The zero-order valence-electron chi connectivity index (χ0n) is 19.5. The summed E-state index contributed by atoms with van der Waals surface area (Å²) in [6.45, 7) is 3.06. The summed E-state index contributed by atoms with van der Waals surface area (Å²) >= 11 is 1.70. The fourth-order valence-electron chi connectivity index (χ4n) is 4.52. The Balaban J connectivity index is 1.58. The first-order valence-corrected chi connectivity index (χ1v) is 11.9. The third kappa shape index (κ3) is 4.84. The van der Waals surface area contributed by atoms with Crippen molar-refractivity contribution in [1.82, 2.24) is 10.2 Å². The molecule has 0 spiro atoms. The highest BCUT2D eigenvalue weighted by Crippen LogP contribution is 2.42. The second kappa shape index (κ2) is 10.3. The summed E-state index contributed by atoms with van der Waals surface area (Å²) < 4.78 is 16.6. The summed E-state index contributed by atoms with van der Waals surface area (Å²) in [5, 5.41) is 5.22. The minimum absolute atomic E-state index is 0.0131. The summed E-state index contributed by atoms with van der Waals surface area (Å²) in [5.74, 6) is 2.19. The molecule has 1 aliphatic rings. The topological polar surface area (TPSA) is 60.0 Å². The molecule has 0 bridgehead atoms. The molecule has 6 nitrogen and oxygen atoms in total. The number of fused-ring (bicyclic) bond motifs is 1. The first-order chi connectivity index (χ1) is 16.0. The van der Waals surface area contributed by atoms with Crippen molar-refractivity contribution in [3.63, 3.8) is 0 Å². The van der Waals surface area contributed by atoms with Crippen molar-refractivity contribution in [2.24, 2.45) is 0 Å². The van der Waals surface area contributed by atoms with Gasteiger partial charge in [0.25, 0.3) is 0 Å². The SMILES string of the molecule is COc1cc2c(cc1OC)[C@H](c1cccs1)N(CC(=O)N[C@H](C)c1ccccc1OC)CC2. The van der Waals surface area contributed by atoms with Crippen LogP contribution in [0.15, 0.2) is 53.9 Å². The van der Waals surface area contributed by atoms with E-state index in [0.29, 0.717) is 12.3 Å². The van der Waals surface area contributed by atoms with Gasteiger partial charge in [0.15, 0.2) is 11.5 Å². The molecule has 7 heteroatoms. The lowest BCUT2D eigenvalue weighted by atomic mass is 9.91. The molecule has 1 aliphatic heterocycles. The van der Waals surface area contributed by atoms with Crippen LogP contribution in [0.1, 0.15) is 40.6 Å². The molecular weight excluding hydrogens is 436 g/mol. The number of methoxy groups -OCH3 is 3. The minimum atomic E-state index is -0.157. The average Bonchev–Trinajstić information content (AvgIpc) is 3.37. The predicted octanol–water partition coefficient (Wildman–Crippen LogP) is 4.60. The number of para-hydroxylation sites is 1. The molecule has 2 atom stereocenters. The van der Waals surface area contributed by atoms with Gasteiger partial charge in [-0.05, 0) is 54.1 Å². The van der Waals surface area contributed by atoms with Gasteiger partial charge in [-0.25, -0.2) is 0 Å². The number of rotatable bonds is 8. The molecule has 0 fully saturated rings. The molecule has 2 aromatic carbocycles. The number of amides is 1. The minimum Gasteiger partial charge on any atom is -0.496 e. The van der Waals surface area contributed by atoms with Crippen molar-refractivity contribution in [3.8, 4) is 17.2 Å². The third-order valence-electron chi connectivity index (χ3n) is 6.12. The average molecular weight is 467 g/mol. The fraction of sp³-hybridized carbons (Fsp3) is 0.346. The molecule has 1 N–H and O–H groups in total. The van der Waals surface area contributed by atoms with Gasteiger partial charge in [0, 0.05) is 17.0 Å². The van der Waals surface area contributed by atoms with Crippen molar-refractivity contribution in [2.45, 2.75) is 25.4 Å². The Bertz CT molecular complexity index is 1100. The lowest BCUT2D eigenvalue weighted by molar-refractivity contribution is -0.123. The summed E-state index contributed by atoms with van der Waals surface area (Å²) in [7, 11) is 4.95. The van der Waals surface area contributed by atoms with Crippen molar-refractivity contribution in [1.29, 1.82) is 0 Å². The maximum atomic E-state index is 13.1. The van der Waals surface area contributed by atoms with Crippen molar-refractivity contribution >= 4 is 17.2 Å². The van der Waals surface area contributed by atoms with Crippen LogP contribution in [0, 0.1) is 0 Å². The van der Waals surface area contributed by atoms with Crippen LogP contribution in [0.3, 0.4) is 0 Å². The number of carbonyl (C=O) groups excluding carboxylic acids is 1. The van der Waals surface area contributed by atoms with Crippen LogP contribution >= 0.6 is 11.3 Å². The van der Waals surface area contributed by atoms with E-state index in [9.17, 15) is 4.79 Å². The molecule has 1 aromatic heterocycles. The maximum absolute atomic E-state index is 13.1. The highest BCUT2D eigenvalue weighted by Gasteiger charge is 2.32. The number of thiophene rings is 1. The van der Waals surface area contributed by atoms with Gasteiger partial charge >= 0.3 is 0 Å². The molecule has 0 unspecified atom stereocenters. The van der Waals surface area contributed by atoms with Gasteiger partial charge in [0.2, 0.25) is 5.91 Å². The maximum Gasteiger partial charge on any atom is 0.234 e. The summed E-state index contributed by atoms with van der Waals surface area (Å²) in [6, 6.07) is 15.9. The summed E-state index contributed by atoms with van der Waals surface area (Å²) in [6.07, 6.45) is 0.840. The molecule has 1 amide bonds. The standard InChI is InChI=1S/C26H30N2O4S/c1-17(19-8-5-6-9-21(19)30-2)27-25(29)16-28-12-11-18-14-22(31-3)23(32-4)15-20(18)26(28)24-10-7-13-33-24/h5-10,13-15,17,26H,11-12,16H2,1-4H3,(H,27,29)/t17-,26-/m1/s1. The molecule has 33 heavy (non-hydrogen) atoms. The number of hydrogen-bond donors (Lipinski definition) is 1. The van der Waals surface area contributed by atoms with Crippen LogP contribution in [0.25, 0.3) is 0 Å². The number of nitrogens with zero attached hydrogens (tertiary/aromatic N) is 1. The van der Waals surface area contributed by atoms with Gasteiger partial charge in [-0.1, -0.05) is 24.3 Å². The van der Waals surface area contributed by atoms with E-state index >= 15 is 0 Å². The van der Waals surface area contributed by atoms with E-state index in [1.165, 1.54) is 10.4 Å². The second-order valence-corrected chi connectivity index (χ2v) is 9.05. The van der Waals surface area contributed by atoms with E-state index in [4.69, 9.17) is 14.2 Å². The molecule has 3 aromatic rings. The van der Waals surface area contributed by atoms with Crippen molar-refractivity contribution < 1.29 is 19.0 Å². The Morgan fingerprint density at radius 2 is 1.79 bits per heavy atom. The Morgan fingerprint density at radius 1 is 1.06 bits per heavy atom. The molecule has 0 saturated heterocycles. The normalized spacial score (nSPS) is 16.5. The molecule has 4 rings (SSSR count). The van der Waals surface area contributed by atoms with Crippen molar-refractivity contribution in [3.05, 3.63) is 75.5 Å². The molecule has 0 saturated carbocycles. The predicted molar refractivity (Wildman–Crippen MR) is 131 cm³/mol. The quantitative estimate of drug-likeness (QED) is 0.526. The van der Waals surface area contributed by atoms with Gasteiger partial charge in [-0.3, -0.25) is 9.69 Å². The zero-order valence-corrected chi connectivity index (χ0v) is 20.3. The second-order valence-electron chi connectivity index (χ2n) is 8.08. The summed E-state index contributed by atoms with van der Waals surface area (Å²) in [4.78, 5) is 16.6. The van der Waals surface area contributed by atoms with Crippen LogP contribution in [0.5, 0.6) is 17.2 Å². The van der Waals surface area contributed by atoms with E-state index in [1.54, 1.807) is 32.7 Å². The first-order valence-electron chi connectivity index (χ1n) is 11.0. The van der Waals surface area contributed by atoms with E-state index < -0.39 is 0 Å². The van der Waals surface area contributed by atoms with Gasteiger partial charge in [-0.15, -0.1) is 11.3 Å². The van der Waals surface area contributed by atoms with E-state index in [2.05, 4.69) is 39.9 Å². The Hall–Kier alpha value is -3.03. The number of carbonyl (C=O) groups is 1. The highest BCUT2D eigenvalue weighted by molar-refractivity contribution is 7.10. The van der Waals surface area contributed by atoms with Gasteiger partial charge in [0.1, 0.15) is 5.75 Å². The fourth-order valence-corrected chi connectivity index (χ4v) is 5.40. The van der Waals surface area contributed by atoms with Crippen molar-refractivity contribution in [2.75, 3.05) is 34.4 Å². The van der Waals surface area contributed by atoms with Gasteiger partial charge in [-0.2, -0.15) is 0 Å². The number of nitrogens with one attached hydrogen (secondary N) is 1. The van der Waals surface area contributed by atoms with Crippen LogP contribution < -0.4 is 19.5 Å². The van der Waals surface area contributed by atoms with Gasteiger partial charge < -0.3 is 19.5 Å². The van der Waals surface area contributed by atoms with E-state index in [0.717, 1.165) is 35.6 Å². The number of hydrogen-bond acceptors (Lipinski definition) is 6. The third-order valence-corrected chi connectivity index (χ3v) is 7.04. The number of ether oxygens (including phenoxy) is 3. The monoisotopic (exact) mass is 466 g/mol.